The Balaban J connectivity index is 1.34. The highest BCUT2D eigenvalue weighted by Gasteiger charge is 2.47. The van der Waals surface area contributed by atoms with Gasteiger partial charge in [-0.05, 0) is 49.9 Å². The van der Waals surface area contributed by atoms with Gasteiger partial charge in [0.1, 0.15) is 11.4 Å². The van der Waals surface area contributed by atoms with Gasteiger partial charge in [-0.3, -0.25) is 4.79 Å². The molecule has 3 unspecified atom stereocenters. The number of benzene rings is 2. The van der Waals surface area contributed by atoms with Gasteiger partial charge in [-0.15, -0.1) is 0 Å². The first kappa shape index (κ1) is 19.0. The van der Waals surface area contributed by atoms with Crippen LogP contribution in [0.25, 0.3) is 0 Å². The lowest BCUT2D eigenvalue weighted by atomic mass is 9.80. The standard InChI is InChI=1S/C24H27ClN2O2/c1-27-12-10-24(11-13-27)15-21(17-7-3-5-9-22(17)29-24)26-23(28)19-14-18(19)16-6-2-4-8-20(16)25/h2-9,18-19,21H,10-15H2,1H3,(H,26,28). The summed E-state index contributed by atoms with van der Waals surface area (Å²) < 4.78 is 6.51. The van der Waals surface area contributed by atoms with E-state index in [0.717, 1.165) is 60.7 Å². The average Bonchev–Trinajstić information content (AvgIpc) is 3.52. The molecule has 152 valence electrons. The Morgan fingerprint density at radius 2 is 1.79 bits per heavy atom. The van der Waals surface area contributed by atoms with Gasteiger partial charge in [0.2, 0.25) is 5.91 Å². The Labute approximate surface area is 177 Å². The molecule has 1 amide bonds. The molecule has 3 aliphatic rings. The molecule has 0 radical (unpaired) electrons. The maximum Gasteiger partial charge on any atom is 0.224 e. The molecule has 1 spiro atoms. The summed E-state index contributed by atoms with van der Waals surface area (Å²) in [4.78, 5) is 15.4. The number of para-hydroxylation sites is 1. The van der Waals surface area contributed by atoms with E-state index in [1.54, 1.807) is 0 Å². The predicted molar refractivity (Wildman–Crippen MR) is 114 cm³/mol. The SMILES string of the molecule is CN1CCC2(CC1)CC(NC(=O)C1CC1c1ccccc1Cl)c1ccccc1O2. The second kappa shape index (κ2) is 7.33. The smallest absolute Gasteiger partial charge is 0.224 e. The van der Waals surface area contributed by atoms with Crippen molar-refractivity contribution in [3.63, 3.8) is 0 Å². The molecule has 2 fully saturated rings. The fraction of sp³-hybridized carbons (Fsp3) is 0.458. The van der Waals surface area contributed by atoms with Crippen molar-refractivity contribution >= 4 is 17.5 Å². The first-order chi connectivity index (χ1) is 14.0. The molecule has 0 bridgehead atoms. The number of carbonyl (C=O) groups is 1. The zero-order valence-electron chi connectivity index (χ0n) is 16.7. The third-order valence-electron chi connectivity index (χ3n) is 6.84. The van der Waals surface area contributed by atoms with Crippen LogP contribution in [0.1, 0.15) is 48.8 Å². The van der Waals surface area contributed by atoms with Crippen molar-refractivity contribution < 1.29 is 9.53 Å². The summed E-state index contributed by atoms with van der Waals surface area (Å²) in [7, 11) is 2.16. The van der Waals surface area contributed by atoms with Crippen LogP contribution in [0.15, 0.2) is 48.5 Å². The number of piperidine rings is 1. The molecule has 3 atom stereocenters. The molecule has 5 heteroatoms. The van der Waals surface area contributed by atoms with Crippen molar-refractivity contribution in [2.75, 3.05) is 20.1 Å². The lowest BCUT2D eigenvalue weighted by Gasteiger charge is -2.46. The zero-order chi connectivity index (χ0) is 20.0. The van der Waals surface area contributed by atoms with E-state index < -0.39 is 0 Å². The van der Waals surface area contributed by atoms with Gasteiger partial charge in [-0.2, -0.15) is 0 Å². The monoisotopic (exact) mass is 410 g/mol. The maximum atomic E-state index is 13.1. The summed E-state index contributed by atoms with van der Waals surface area (Å²) in [6, 6.07) is 16.0. The number of fused-ring (bicyclic) bond motifs is 1. The van der Waals surface area contributed by atoms with E-state index >= 15 is 0 Å². The number of hydrogen-bond donors (Lipinski definition) is 1. The molecule has 2 aromatic carbocycles. The summed E-state index contributed by atoms with van der Waals surface area (Å²) in [5.74, 6) is 1.31. The van der Waals surface area contributed by atoms with Crippen LogP contribution in [-0.2, 0) is 4.79 Å². The Hall–Kier alpha value is -2.04. The van der Waals surface area contributed by atoms with E-state index in [1.807, 2.05) is 42.5 Å². The van der Waals surface area contributed by atoms with E-state index in [-0.39, 0.29) is 29.4 Å². The summed E-state index contributed by atoms with van der Waals surface area (Å²) in [6.07, 6.45) is 3.70. The van der Waals surface area contributed by atoms with Crippen molar-refractivity contribution in [1.29, 1.82) is 0 Å². The molecular weight excluding hydrogens is 384 g/mol. The number of rotatable bonds is 3. The van der Waals surface area contributed by atoms with Crippen LogP contribution in [0, 0.1) is 5.92 Å². The van der Waals surface area contributed by atoms with E-state index in [2.05, 4.69) is 23.3 Å². The Kier molecular flexibility index (Phi) is 4.79. The highest BCUT2D eigenvalue weighted by atomic mass is 35.5. The summed E-state index contributed by atoms with van der Waals surface area (Å²) in [5.41, 5.74) is 2.01. The minimum absolute atomic E-state index is 0.00310. The normalized spacial score (nSPS) is 27.7. The predicted octanol–water partition coefficient (Wildman–Crippen LogP) is 4.55. The molecule has 1 aliphatic carbocycles. The molecule has 1 N–H and O–H groups in total. The second-order valence-electron chi connectivity index (χ2n) is 8.86. The molecule has 5 rings (SSSR count). The van der Waals surface area contributed by atoms with Gasteiger partial charge in [0.25, 0.3) is 0 Å². The lowest BCUT2D eigenvalue weighted by Crippen LogP contribution is -2.51. The Morgan fingerprint density at radius 3 is 2.55 bits per heavy atom. The number of ether oxygens (including phenoxy) is 1. The lowest BCUT2D eigenvalue weighted by molar-refractivity contribution is -0.124. The molecule has 2 aliphatic heterocycles. The Bertz CT molecular complexity index is 923. The Morgan fingerprint density at radius 1 is 1.10 bits per heavy atom. The van der Waals surface area contributed by atoms with E-state index in [1.165, 1.54) is 0 Å². The van der Waals surface area contributed by atoms with Crippen LogP contribution in [-0.4, -0.2) is 36.5 Å². The molecular formula is C24H27ClN2O2. The molecule has 1 saturated heterocycles. The summed E-state index contributed by atoms with van der Waals surface area (Å²) in [5, 5.41) is 4.12. The van der Waals surface area contributed by atoms with Crippen LogP contribution in [0.5, 0.6) is 5.75 Å². The number of nitrogens with one attached hydrogen (secondary N) is 1. The maximum absolute atomic E-state index is 13.1. The highest BCUT2D eigenvalue weighted by Crippen LogP contribution is 2.50. The highest BCUT2D eigenvalue weighted by molar-refractivity contribution is 6.31. The van der Waals surface area contributed by atoms with Gasteiger partial charge in [-0.1, -0.05) is 48.0 Å². The molecule has 0 aromatic heterocycles. The fourth-order valence-electron chi connectivity index (χ4n) is 4.96. The molecule has 2 heterocycles. The first-order valence-corrected chi connectivity index (χ1v) is 10.9. The van der Waals surface area contributed by atoms with Gasteiger partial charge < -0.3 is 15.0 Å². The van der Waals surface area contributed by atoms with Crippen LogP contribution < -0.4 is 10.1 Å². The minimum Gasteiger partial charge on any atom is -0.487 e. The average molecular weight is 411 g/mol. The number of hydrogen-bond acceptors (Lipinski definition) is 3. The quantitative estimate of drug-likeness (QED) is 0.807. The van der Waals surface area contributed by atoms with Gasteiger partial charge in [0, 0.05) is 36.0 Å². The fourth-order valence-corrected chi connectivity index (χ4v) is 5.24. The molecule has 2 aromatic rings. The largest absolute Gasteiger partial charge is 0.487 e. The number of carbonyl (C=O) groups excluding carboxylic acids is 1. The van der Waals surface area contributed by atoms with E-state index in [9.17, 15) is 4.79 Å². The topological polar surface area (TPSA) is 41.6 Å². The van der Waals surface area contributed by atoms with Crippen LogP contribution >= 0.6 is 11.6 Å². The molecule has 29 heavy (non-hydrogen) atoms. The second-order valence-corrected chi connectivity index (χ2v) is 9.27. The number of amides is 1. The third-order valence-corrected chi connectivity index (χ3v) is 7.19. The van der Waals surface area contributed by atoms with Gasteiger partial charge in [-0.25, -0.2) is 0 Å². The summed E-state index contributed by atoms with van der Waals surface area (Å²) >= 11 is 6.34. The van der Waals surface area contributed by atoms with Gasteiger partial charge in [0.05, 0.1) is 6.04 Å². The van der Waals surface area contributed by atoms with Crippen LogP contribution in [0.4, 0.5) is 0 Å². The van der Waals surface area contributed by atoms with Crippen molar-refractivity contribution in [2.24, 2.45) is 5.92 Å². The zero-order valence-corrected chi connectivity index (χ0v) is 17.5. The van der Waals surface area contributed by atoms with Crippen LogP contribution in [0.3, 0.4) is 0 Å². The number of likely N-dealkylation sites (tertiary alicyclic amines) is 1. The van der Waals surface area contributed by atoms with Crippen molar-refractivity contribution in [1.82, 2.24) is 10.2 Å². The molecule has 4 nitrogen and oxygen atoms in total. The third kappa shape index (κ3) is 3.64. The summed E-state index contributed by atoms with van der Waals surface area (Å²) in [6.45, 7) is 2.06. The number of halogens is 1. The van der Waals surface area contributed by atoms with Crippen molar-refractivity contribution in [3.8, 4) is 5.75 Å². The number of nitrogens with zero attached hydrogens (tertiary/aromatic N) is 1. The van der Waals surface area contributed by atoms with Crippen molar-refractivity contribution in [2.45, 2.75) is 43.2 Å². The van der Waals surface area contributed by atoms with Crippen LogP contribution in [0.2, 0.25) is 5.02 Å². The van der Waals surface area contributed by atoms with Gasteiger partial charge >= 0.3 is 0 Å². The van der Waals surface area contributed by atoms with E-state index in [0.29, 0.717) is 0 Å². The van der Waals surface area contributed by atoms with Crippen molar-refractivity contribution in [3.05, 3.63) is 64.7 Å². The first-order valence-electron chi connectivity index (χ1n) is 10.6. The molecule has 1 saturated carbocycles. The minimum atomic E-state index is -0.176. The van der Waals surface area contributed by atoms with Gasteiger partial charge in [0.15, 0.2) is 0 Å². The van der Waals surface area contributed by atoms with E-state index in [4.69, 9.17) is 16.3 Å².